The Hall–Kier alpha value is -5.03. The van der Waals surface area contributed by atoms with Gasteiger partial charge in [-0.15, -0.1) is 0 Å². The largest absolute Gasteiger partial charge is 0.481 e. The first-order valence-corrected chi connectivity index (χ1v) is 19.5. The molecule has 288 valence electrons. The Labute approximate surface area is 326 Å². The summed E-state index contributed by atoms with van der Waals surface area (Å²) >= 11 is 6.96. The van der Waals surface area contributed by atoms with E-state index in [9.17, 15) is 24.8 Å². The number of amides is 2. The molecule has 0 radical (unpaired) electrons. The molecule has 7 rings (SSSR count). The minimum absolute atomic E-state index is 0.203. The van der Waals surface area contributed by atoms with Crippen molar-refractivity contribution in [2.45, 2.75) is 77.9 Å². The summed E-state index contributed by atoms with van der Waals surface area (Å²) in [5, 5.41) is 25.8. The molecule has 3 aliphatic rings. The quantitative estimate of drug-likeness (QED) is 0.169. The summed E-state index contributed by atoms with van der Waals surface area (Å²) in [6, 6.07) is 13.1. The summed E-state index contributed by atoms with van der Waals surface area (Å²) in [4.78, 5) is 52.8. The fourth-order valence-electron chi connectivity index (χ4n) is 8.43. The Kier molecular flexibility index (Phi) is 11.1. The van der Waals surface area contributed by atoms with Gasteiger partial charge < -0.3 is 24.9 Å². The zero-order valence-corrected chi connectivity index (χ0v) is 32.6. The number of benzene rings is 2. The highest BCUT2D eigenvalue weighted by atomic mass is 35.5. The van der Waals surface area contributed by atoms with E-state index in [4.69, 9.17) is 21.6 Å². The molecule has 2 amide bonds. The van der Waals surface area contributed by atoms with Gasteiger partial charge in [0.15, 0.2) is 11.6 Å². The van der Waals surface area contributed by atoms with Crippen LogP contribution in [0.5, 0.6) is 0 Å². The van der Waals surface area contributed by atoms with Crippen molar-refractivity contribution in [3.8, 4) is 17.2 Å². The summed E-state index contributed by atoms with van der Waals surface area (Å²) in [7, 11) is 3.71. The fourth-order valence-corrected chi connectivity index (χ4v) is 8.70. The molecule has 0 unspecified atom stereocenters. The number of rotatable bonds is 10. The number of nitrogens with one attached hydrogen (secondary N) is 2. The van der Waals surface area contributed by atoms with Crippen LogP contribution in [0.15, 0.2) is 36.4 Å². The van der Waals surface area contributed by atoms with Crippen LogP contribution in [0.25, 0.3) is 11.1 Å². The van der Waals surface area contributed by atoms with Gasteiger partial charge in [0, 0.05) is 81.7 Å². The number of aliphatic carboxylic acids is 1. The van der Waals surface area contributed by atoms with E-state index in [1.165, 1.54) is 0 Å². The molecule has 4 heterocycles. The van der Waals surface area contributed by atoms with Crippen LogP contribution in [0.1, 0.15) is 95.5 Å². The third-order valence-corrected chi connectivity index (χ3v) is 12.2. The van der Waals surface area contributed by atoms with E-state index >= 15 is 0 Å². The number of imidazole rings is 2. The van der Waals surface area contributed by atoms with Gasteiger partial charge in [-0.3, -0.25) is 24.2 Å². The summed E-state index contributed by atoms with van der Waals surface area (Å²) in [5.74, 6) is -0.566. The van der Waals surface area contributed by atoms with E-state index in [2.05, 4.69) is 40.4 Å². The maximum absolute atomic E-state index is 13.7. The number of carboxylic acids is 1. The molecule has 2 aromatic carbocycles. The van der Waals surface area contributed by atoms with E-state index in [1.54, 1.807) is 36.4 Å². The van der Waals surface area contributed by atoms with Crippen LogP contribution in [0, 0.1) is 23.2 Å². The third-order valence-electron chi connectivity index (χ3n) is 11.8. The van der Waals surface area contributed by atoms with E-state index in [0.29, 0.717) is 47.6 Å². The predicted molar refractivity (Wildman–Crippen MR) is 210 cm³/mol. The van der Waals surface area contributed by atoms with Crippen LogP contribution >= 0.6 is 11.6 Å². The van der Waals surface area contributed by atoms with Gasteiger partial charge in [-0.2, -0.15) is 5.26 Å². The molecule has 1 saturated carbocycles. The van der Waals surface area contributed by atoms with E-state index in [0.717, 1.165) is 87.4 Å². The maximum Gasteiger partial charge on any atom is 0.306 e. The van der Waals surface area contributed by atoms with Gasteiger partial charge in [-0.1, -0.05) is 35.9 Å². The van der Waals surface area contributed by atoms with Crippen LogP contribution < -0.4 is 10.6 Å². The van der Waals surface area contributed by atoms with Crippen molar-refractivity contribution >= 4 is 40.8 Å². The SMILES string of the molecule is CC(C)N1CCc2c(nc(C(=O)Nc3cccc(-c4cccc(NC(=O)c5nc6c(n5C)CCN(CCC5CCC(C(=O)O)CC5)C6)c4Cl)c3C#N)n2C)C1. The molecule has 0 atom stereocenters. The molecule has 4 aromatic rings. The molecule has 2 aliphatic heterocycles. The molecular weight excluding hydrogens is 718 g/mol. The second kappa shape index (κ2) is 16.0. The van der Waals surface area contributed by atoms with Gasteiger partial charge in [-0.05, 0) is 70.5 Å². The van der Waals surface area contributed by atoms with E-state index in [-0.39, 0.29) is 28.2 Å². The number of nitriles is 1. The zero-order chi connectivity index (χ0) is 39.0. The lowest BCUT2D eigenvalue weighted by atomic mass is 9.80. The van der Waals surface area contributed by atoms with Crippen LogP contribution in [0.3, 0.4) is 0 Å². The van der Waals surface area contributed by atoms with Gasteiger partial charge in [0.1, 0.15) is 6.07 Å². The average molecular weight is 766 g/mol. The molecule has 0 bridgehead atoms. The number of halogens is 1. The van der Waals surface area contributed by atoms with Gasteiger partial charge in [-0.25, -0.2) is 9.97 Å². The van der Waals surface area contributed by atoms with Crippen LogP contribution in [-0.4, -0.2) is 77.5 Å². The number of carbonyl (C=O) groups excluding carboxylic acids is 2. The molecule has 1 fully saturated rings. The number of hydrogen-bond donors (Lipinski definition) is 3. The number of nitrogens with zero attached hydrogens (tertiary/aromatic N) is 7. The van der Waals surface area contributed by atoms with Crippen LogP contribution in [-0.2, 0) is 44.8 Å². The molecular formula is C41H48ClN9O4. The maximum atomic E-state index is 13.7. The number of anilines is 2. The molecule has 13 nitrogen and oxygen atoms in total. The zero-order valence-electron chi connectivity index (χ0n) is 31.9. The van der Waals surface area contributed by atoms with Crippen molar-refractivity contribution in [2.75, 3.05) is 30.3 Å². The molecule has 0 saturated heterocycles. The highest BCUT2D eigenvalue weighted by Crippen LogP contribution is 2.38. The van der Waals surface area contributed by atoms with Crippen molar-refractivity contribution in [2.24, 2.45) is 25.9 Å². The van der Waals surface area contributed by atoms with Crippen molar-refractivity contribution in [3.63, 3.8) is 0 Å². The Balaban J connectivity index is 1.04. The topological polar surface area (TPSA) is 161 Å². The smallest absolute Gasteiger partial charge is 0.306 e. The lowest BCUT2D eigenvalue weighted by molar-refractivity contribution is -0.143. The Morgan fingerprint density at radius 3 is 2.07 bits per heavy atom. The second-order valence-electron chi connectivity index (χ2n) is 15.4. The Morgan fingerprint density at radius 2 is 1.45 bits per heavy atom. The third kappa shape index (κ3) is 7.76. The average Bonchev–Trinajstić information content (AvgIpc) is 3.70. The van der Waals surface area contributed by atoms with Gasteiger partial charge >= 0.3 is 5.97 Å². The first kappa shape index (κ1) is 38.3. The fraction of sp³-hybridized carbons (Fsp3) is 0.463. The lowest BCUT2D eigenvalue weighted by Gasteiger charge is -2.30. The molecule has 2 aromatic heterocycles. The minimum atomic E-state index is -0.675. The summed E-state index contributed by atoms with van der Waals surface area (Å²) in [6.07, 6.45) is 6.03. The van der Waals surface area contributed by atoms with Crippen molar-refractivity contribution < 1.29 is 19.5 Å². The Bertz CT molecular complexity index is 2180. The molecule has 0 spiro atoms. The van der Waals surface area contributed by atoms with E-state index in [1.807, 2.05) is 23.2 Å². The molecule has 1 aliphatic carbocycles. The predicted octanol–water partition coefficient (Wildman–Crippen LogP) is 6.26. The van der Waals surface area contributed by atoms with Crippen molar-refractivity contribution in [3.05, 3.63) is 81.4 Å². The standard InChI is InChI=1S/C41H48ClN9O4/c1-24(2)51-20-17-35-33(23-51)45-37(49(35)4)39(52)46-30-9-5-7-27(29(30)21-43)28-8-6-10-31(36(28)42)47-40(53)38-44-32-22-50(19-16-34(32)48(38)3)18-15-25-11-13-26(14-12-25)41(54)55/h5-10,24-26H,11-20,22-23H2,1-4H3,(H,46,52)(H,47,53)(H,54,55). The highest BCUT2D eigenvalue weighted by molar-refractivity contribution is 6.36. The van der Waals surface area contributed by atoms with Gasteiger partial charge in [0.05, 0.1) is 39.3 Å². The van der Waals surface area contributed by atoms with Gasteiger partial charge in [0.25, 0.3) is 11.8 Å². The number of carbonyl (C=O) groups is 3. The first-order chi connectivity index (χ1) is 26.4. The number of hydrogen-bond acceptors (Lipinski definition) is 8. The van der Waals surface area contributed by atoms with Gasteiger partial charge in [0.2, 0.25) is 0 Å². The number of aromatic nitrogens is 4. The van der Waals surface area contributed by atoms with Crippen LogP contribution in [0.4, 0.5) is 11.4 Å². The first-order valence-electron chi connectivity index (χ1n) is 19.2. The summed E-state index contributed by atoms with van der Waals surface area (Å²) in [5.41, 5.74) is 5.83. The summed E-state index contributed by atoms with van der Waals surface area (Å²) < 4.78 is 3.69. The summed E-state index contributed by atoms with van der Waals surface area (Å²) in [6.45, 7) is 8.32. The van der Waals surface area contributed by atoms with Crippen LogP contribution in [0.2, 0.25) is 5.02 Å². The second-order valence-corrected chi connectivity index (χ2v) is 15.8. The molecule has 3 N–H and O–H groups in total. The molecule has 55 heavy (non-hydrogen) atoms. The highest BCUT2D eigenvalue weighted by Gasteiger charge is 2.30. The van der Waals surface area contributed by atoms with Crippen molar-refractivity contribution in [1.29, 1.82) is 5.26 Å². The normalized spacial score (nSPS) is 18.7. The van der Waals surface area contributed by atoms with Crippen molar-refractivity contribution in [1.82, 2.24) is 28.9 Å². The minimum Gasteiger partial charge on any atom is -0.481 e. The monoisotopic (exact) mass is 765 g/mol. The lowest BCUT2D eigenvalue weighted by Crippen LogP contribution is -2.36. The number of fused-ring (bicyclic) bond motifs is 2. The molecule has 14 heteroatoms. The Morgan fingerprint density at radius 1 is 0.873 bits per heavy atom. The van der Waals surface area contributed by atoms with E-state index < -0.39 is 17.8 Å². The number of carboxylic acid groups (broad SMARTS) is 1.